The first-order chi connectivity index (χ1) is 14.1. The van der Waals surface area contributed by atoms with Crippen molar-refractivity contribution >= 4 is 21.9 Å². The number of anilines is 2. The zero-order valence-corrected chi connectivity index (χ0v) is 18.4. The summed E-state index contributed by atoms with van der Waals surface area (Å²) in [7, 11) is -3.56. The van der Waals surface area contributed by atoms with E-state index in [0.717, 1.165) is 11.8 Å². The van der Waals surface area contributed by atoms with E-state index in [9.17, 15) is 13.5 Å². The maximum absolute atomic E-state index is 11.7. The molecule has 162 valence electrons. The van der Waals surface area contributed by atoms with Gasteiger partial charge in [-0.3, -0.25) is 4.72 Å². The topological polar surface area (TPSA) is 141 Å². The molecule has 30 heavy (non-hydrogen) atoms. The minimum atomic E-state index is -3.56. The molecule has 0 amide bonds. The summed E-state index contributed by atoms with van der Waals surface area (Å²) < 4.78 is 25.6. The van der Waals surface area contributed by atoms with Crippen molar-refractivity contribution in [2.45, 2.75) is 45.6 Å². The van der Waals surface area contributed by atoms with Gasteiger partial charge in [-0.05, 0) is 36.0 Å². The molecule has 9 nitrogen and oxygen atoms in total. The molecule has 0 aliphatic heterocycles. The summed E-state index contributed by atoms with van der Waals surface area (Å²) >= 11 is 0. The summed E-state index contributed by atoms with van der Waals surface area (Å²) in [5.74, 6) is 0.928. The summed E-state index contributed by atoms with van der Waals surface area (Å²) in [6, 6.07) is 9.09. The summed E-state index contributed by atoms with van der Waals surface area (Å²) in [4.78, 5) is 12.8. The first-order valence-electron chi connectivity index (χ1n) is 9.69. The van der Waals surface area contributed by atoms with E-state index < -0.39 is 10.0 Å². The highest BCUT2D eigenvalue weighted by molar-refractivity contribution is 7.91. The Labute approximate surface area is 177 Å². The molecule has 0 fully saturated rings. The molecule has 0 bridgehead atoms. The molecule has 1 aromatic heterocycles. The lowest BCUT2D eigenvalue weighted by Crippen LogP contribution is -2.27. The Morgan fingerprint density at radius 1 is 1.10 bits per heavy atom. The summed E-state index contributed by atoms with van der Waals surface area (Å²) in [5.41, 5.74) is 1.59. The predicted molar refractivity (Wildman–Crippen MR) is 116 cm³/mol. The van der Waals surface area contributed by atoms with Crippen molar-refractivity contribution in [2.75, 3.05) is 22.9 Å². The Morgan fingerprint density at radius 2 is 1.73 bits per heavy atom. The minimum absolute atomic E-state index is 0.0309. The molecule has 0 unspecified atom stereocenters. The van der Waals surface area contributed by atoms with Crippen LogP contribution in [0.2, 0.25) is 0 Å². The molecule has 0 saturated heterocycles. The lowest BCUT2D eigenvalue weighted by Gasteiger charge is -2.19. The van der Waals surface area contributed by atoms with Crippen LogP contribution in [0.25, 0.3) is 0 Å². The Hall–Kier alpha value is -2.77. The van der Waals surface area contributed by atoms with Gasteiger partial charge in [0.15, 0.2) is 0 Å². The third-order valence-corrected chi connectivity index (χ3v) is 4.92. The highest BCUT2D eigenvalue weighted by atomic mass is 32.2. The van der Waals surface area contributed by atoms with Crippen LogP contribution >= 0.6 is 0 Å². The number of aliphatic hydroxyl groups excluding tert-OH is 1. The average molecular weight is 433 g/mol. The fourth-order valence-electron chi connectivity index (χ4n) is 3.00. The highest BCUT2D eigenvalue weighted by Gasteiger charge is 2.17. The minimum Gasteiger partial charge on any atom is -0.394 e. The van der Waals surface area contributed by atoms with Gasteiger partial charge < -0.3 is 10.4 Å². The number of aliphatic hydroxyl groups is 1. The van der Waals surface area contributed by atoms with Crippen LogP contribution in [0, 0.1) is 17.2 Å². The van der Waals surface area contributed by atoms with Crippen molar-refractivity contribution in [1.82, 2.24) is 15.0 Å². The lowest BCUT2D eigenvalue weighted by molar-refractivity contribution is 0.259. The second-order valence-corrected chi connectivity index (χ2v) is 9.51. The standard InChI is InChI=1S/C20H28N6O3S/c1-13(2)9-17(12-27)22-19-23-18(24-20(25-19)26-30(4,28)29)10-14(3)16-7-5-15(11-21)6-8-16/h5-8,13-14,17,27H,9-10,12H2,1-4H3,(H2,22,23,24,25,26)/t14-,17-/m1/s1. The zero-order valence-electron chi connectivity index (χ0n) is 17.6. The molecule has 0 spiro atoms. The van der Waals surface area contributed by atoms with E-state index in [0.29, 0.717) is 30.1 Å². The van der Waals surface area contributed by atoms with Crippen LogP contribution in [-0.4, -0.2) is 47.4 Å². The SMILES string of the molecule is CC(C)C[C@H](CO)Nc1nc(C[C@@H](C)c2ccc(C#N)cc2)nc(NS(C)(=O)=O)n1. The Bertz CT molecular complexity index is 987. The van der Waals surface area contributed by atoms with Gasteiger partial charge in [0.25, 0.3) is 0 Å². The molecular weight excluding hydrogens is 404 g/mol. The van der Waals surface area contributed by atoms with E-state index in [2.05, 4.69) is 31.1 Å². The molecule has 0 aliphatic carbocycles. The molecule has 0 radical (unpaired) electrons. The summed E-state index contributed by atoms with van der Waals surface area (Å²) in [5, 5.41) is 21.6. The van der Waals surface area contributed by atoms with Gasteiger partial charge in [0, 0.05) is 6.42 Å². The number of hydrogen-bond donors (Lipinski definition) is 3. The maximum Gasteiger partial charge on any atom is 0.241 e. The van der Waals surface area contributed by atoms with Gasteiger partial charge >= 0.3 is 0 Å². The van der Waals surface area contributed by atoms with Crippen molar-refractivity contribution in [3.8, 4) is 6.07 Å². The maximum atomic E-state index is 11.7. The Balaban J connectivity index is 2.29. The van der Waals surface area contributed by atoms with Gasteiger partial charge in [0.1, 0.15) is 5.82 Å². The number of benzene rings is 1. The normalized spacial score (nSPS) is 13.5. The van der Waals surface area contributed by atoms with Crippen LogP contribution in [0.4, 0.5) is 11.9 Å². The molecule has 2 aromatic rings. The summed E-state index contributed by atoms with van der Waals surface area (Å²) in [6.45, 7) is 5.98. The average Bonchev–Trinajstić information content (AvgIpc) is 2.65. The first kappa shape index (κ1) is 23.5. The van der Waals surface area contributed by atoms with Crippen LogP contribution in [-0.2, 0) is 16.4 Å². The van der Waals surface area contributed by atoms with Crippen LogP contribution in [0.1, 0.15) is 50.1 Å². The third kappa shape index (κ3) is 7.57. The van der Waals surface area contributed by atoms with Crippen molar-refractivity contribution in [3.05, 3.63) is 41.2 Å². The van der Waals surface area contributed by atoms with Crippen LogP contribution in [0.5, 0.6) is 0 Å². The third-order valence-electron chi connectivity index (χ3n) is 4.37. The molecule has 2 atom stereocenters. The van der Waals surface area contributed by atoms with Crippen molar-refractivity contribution in [2.24, 2.45) is 5.92 Å². The predicted octanol–water partition coefficient (Wildman–Crippen LogP) is 2.28. The lowest BCUT2D eigenvalue weighted by atomic mass is 9.96. The molecule has 2 rings (SSSR count). The number of sulfonamides is 1. The van der Waals surface area contributed by atoms with Crippen molar-refractivity contribution in [1.29, 1.82) is 5.26 Å². The molecule has 0 aliphatic rings. The highest BCUT2D eigenvalue weighted by Crippen LogP contribution is 2.21. The van der Waals surface area contributed by atoms with Gasteiger partial charge in [-0.1, -0.05) is 32.9 Å². The van der Waals surface area contributed by atoms with E-state index in [4.69, 9.17) is 5.26 Å². The quantitative estimate of drug-likeness (QED) is 0.519. The molecular formula is C20H28N6O3S. The van der Waals surface area contributed by atoms with Crippen molar-refractivity contribution < 1.29 is 13.5 Å². The summed E-state index contributed by atoms with van der Waals surface area (Å²) in [6.07, 6.45) is 2.17. The monoisotopic (exact) mass is 432 g/mol. The van der Waals surface area contributed by atoms with Gasteiger partial charge in [-0.15, -0.1) is 0 Å². The van der Waals surface area contributed by atoms with E-state index in [-0.39, 0.29) is 30.5 Å². The molecule has 1 aromatic carbocycles. The van der Waals surface area contributed by atoms with Crippen LogP contribution in [0.15, 0.2) is 24.3 Å². The number of rotatable bonds is 10. The second kappa shape index (κ2) is 10.3. The fourth-order valence-corrected chi connectivity index (χ4v) is 3.42. The van der Waals surface area contributed by atoms with Gasteiger partial charge in [0.05, 0.1) is 30.5 Å². The van der Waals surface area contributed by atoms with E-state index >= 15 is 0 Å². The van der Waals surface area contributed by atoms with Crippen LogP contribution in [0.3, 0.4) is 0 Å². The molecule has 0 saturated carbocycles. The number of nitriles is 1. The van der Waals surface area contributed by atoms with Gasteiger partial charge in [-0.25, -0.2) is 8.42 Å². The van der Waals surface area contributed by atoms with Crippen LogP contribution < -0.4 is 10.0 Å². The van der Waals surface area contributed by atoms with E-state index in [1.54, 1.807) is 12.1 Å². The first-order valence-corrected chi connectivity index (χ1v) is 11.6. The Morgan fingerprint density at radius 3 is 2.27 bits per heavy atom. The molecule has 10 heteroatoms. The Kier molecular flexibility index (Phi) is 8.08. The smallest absolute Gasteiger partial charge is 0.241 e. The van der Waals surface area contributed by atoms with E-state index in [1.165, 1.54) is 0 Å². The largest absolute Gasteiger partial charge is 0.394 e. The fraction of sp³-hybridized carbons (Fsp3) is 0.500. The molecule has 1 heterocycles. The number of nitrogens with zero attached hydrogens (tertiary/aromatic N) is 4. The number of hydrogen-bond acceptors (Lipinski definition) is 8. The second-order valence-electron chi connectivity index (χ2n) is 7.77. The number of aromatic nitrogens is 3. The van der Waals surface area contributed by atoms with E-state index in [1.807, 2.05) is 32.9 Å². The van der Waals surface area contributed by atoms with Gasteiger partial charge in [-0.2, -0.15) is 20.2 Å². The number of nitrogens with one attached hydrogen (secondary N) is 2. The van der Waals surface area contributed by atoms with Crippen molar-refractivity contribution in [3.63, 3.8) is 0 Å². The van der Waals surface area contributed by atoms with Gasteiger partial charge in [0.2, 0.25) is 21.9 Å². The molecule has 3 N–H and O–H groups in total. The zero-order chi connectivity index (χ0) is 22.3.